The topological polar surface area (TPSA) is 20.2 Å². The van der Waals surface area contributed by atoms with Crippen LogP contribution >= 0.6 is 0 Å². The second kappa shape index (κ2) is 4.27. The Morgan fingerprint density at radius 2 is 1.92 bits per heavy atom. The highest BCUT2D eigenvalue weighted by Crippen LogP contribution is 2.19. The zero-order valence-electron chi connectivity index (χ0n) is 7.75. The Balaban J connectivity index is 2.92. The van der Waals surface area contributed by atoms with Crippen molar-refractivity contribution in [3.8, 4) is 0 Å². The molecule has 12 heavy (non-hydrogen) atoms. The molecule has 1 heteroatoms. The molecule has 0 saturated heterocycles. The van der Waals surface area contributed by atoms with Gasteiger partial charge in [-0.2, -0.15) is 0 Å². The number of hydrogen-bond acceptors (Lipinski definition) is 1. The maximum absolute atomic E-state index is 8.83. The smallest absolute Gasteiger partial charge is 0.0471 e. The van der Waals surface area contributed by atoms with Crippen LogP contribution in [0.15, 0.2) is 24.3 Å². The lowest BCUT2D eigenvalue weighted by Crippen LogP contribution is -1.98. The predicted molar refractivity (Wildman–Crippen MR) is 51.3 cm³/mol. The maximum Gasteiger partial charge on any atom is 0.0471 e. The molecule has 1 nitrogen and oxygen atoms in total. The van der Waals surface area contributed by atoms with Crippen LogP contribution in [0.5, 0.6) is 0 Å². The molecule has 0 heterocycles. The number of hydrogen-bond donors (Lipinski definition) is 1. The maximum atomic E-state index is 8.83. The van der Waals surface area contributed by atoms with E-state index in [9.17, 15) is 0 Å². The summed E-state index contributed by atoms with van der Waals surface area (Å²) in [6, 6.07) is 8.30. The van der Waals surface area contributed by atoms with Gasteiger partial charge in [-0.3, -0.25) is 0 Å². The van der Waals surface area contributed by atoms with Crippen LogP contribution in [0.4, 0.5) is 0 Å². The summed E-state index contributed by atoms with van der Waals surface area (Å²) in [7, 11) is 0. The quantitative estimate of drug-likeness (QED) is 0.727. The summed E-state index contributed by atoms with van der Waals surface area (Å²) < 4.78 is 0. The van der Waals surface area contributed by atoms with Gasteiger partial charge < -0.3 is 5.11 Å². The van der Waals surface area contributed by atoms with Crippen LogP contribution in [-0.4, -0.2) is 11.7 Å². The average Bonchev–Trinajstić information content (AvgIpc) is 2.05. The van der Waals surface area contributed by atoms with Crippen molar-refractivity contribution in [2.24, 2.45) is 0 Å². The van der Waals surface area contributed by atoms with Gasteiger partial charge >= 0.3 is 0 Å². The summed E-state index contributed by atoms with van der Waals surface area (Å²) in [5, 5.41) is 8.83. The van der Waals surface area contributed by atoms with E-state index in [1.54, 1.807) is 0 Å². The number of rotatable bonds is 3. The van der Waals surface area contributed by atoms with Gasteiger partial charge in [0.25, 0.3) is 0 Å². The zero-order valence-corrected chi connectivity index (χ0v) is 7.75. The van der Waals surface area contributed by atoms with E-state index in [2.05, 4.69) is 32.0 Å². The summed E-state index contributed by atoms with van der Waals surface area (Å²) >= 11 is 0. The highest BCUT2D eigenvalue weighted by molar-refractivity contribution is 5.29. The first-order chi connectivity index (χ1) is 5.75. The van der Waals surface area contributed by atoms with E-state index in [0.29, 0.717) is 5.92 Å². The van der Waals surface area contributed by atoms with E-state index in [4.69, 9.17) is 5.11 Å². The molecule has 0 bridgehead atoms. The standard InChI is InChI=1S/C11H16O/c1-9(2)11-6-4-3-5-10(11)7-8-12/h3-6,9,12H,7-8H2,1-2H3. The van der Waals surface area contributed by atoms with Gasteiger partial charge in [0.2, 0.25) is 0 Å². The lowest BCUT2D eigenvalue weighted by molar-refractivity contribution is 0.299. The summed E-state index contributed by atoms with van der Waals surface area (Å²) in [5.74, 6) is 0.549. The van der Waals surface area contributed by atoms with Crippen molar-refractivity contribution < 1.29 is 5.11 Å². The molecule has 0 unspecified atom stereocenters. The molecule has 0 aliphatic heterocycles. The average molecular weight is 164 g/mol. The van der Waals surface area contributed by atoms with Crippen LogP contribution in [0, 0.1) is 0 Å². The number of aliphatic hydroxyl groups is 1. The van der Waals surface area contributed by atoms with E-state index in [1.807, 2.05) is 6.07 Å². The van der Waals surface area contributed by atoms with E-state index >= 15 is 0 Å². The monoisotopic (exact) mass is 164 g/mol. The SMILES string of the molecule is CC(C)c1ccccc1CCO. The third-order valence-corrected chi connectivity index (χ3v) is 2.06. The fraction of sp³-hybridized carbons (Fsp3) is 0.455. The molecule has 0 aliphatic carbocycles. The van der Waals surface area contributed by atoms with Gasteiger partial charge in [0.15, 0.2) is 0 Å². The van der Waals surface area contributed by atoms with Gasteiger partial charge in [0, 0.05) is 6.61 Å². The fourth-order valence-electron chi connectivity index (χ4n) is 1.45. The third kappa shape index (κ3) is 2.08. The van der Waals surface area contributed by atoms with E-state index < -0.39 is 0 Å². The second-order valence-corrected chi connectivity index (χ2v) is 3.33. The van der Waals surface area contributed by atoms with Crippen molar-refractivity contribution in [2.75, 3.05) is 6.61 Å². The molecular weight excluding hydrogens is 148 g/mol. The van der Waals surface area contributed by atoms with Crippen molar-refractivity contribution >= 4 is 0 Å². The summed E-state index contributed by atoms with van der Waals surface area (Å²) in [6.45, 7) is 4.59. The van der Waals surface area contributed by atoms with Crippen molar-refractivity contribution in [1.29, 1.82) is 0 Å². The molecule has 66 valence electrons. The minimum Gasteiger partial charge on any atom is -0.396 e. The van der Waals surface area contributed by atoms with Gasteiger partial charge in [0.1, 0.15) is 0 Å². The van der Waals surface area contributed by atoms with Gasteiger partial charge in [-0.05, 0) is 23.5 Å². The molecule has 0 saturated carbocycles. The lowest BCUT2D eigenvalue weighted by atomic mass is 9.96. The second-order valence-electron chi connectivity index (χ2n) is 3.33. The van der Waals surface area contributed by atoms with E-state index in [0.717, 1.165) is 6.42 Å². The Morgan fingerprint density at radius 3 is 2.50 bits per heavy atom. The molecule has 0 spiro atoms. The minimum atomic E-state index is 0.240. The Bertz CT molecular complexity index is 241. The molecule has 1 rings (SSSR count). The minimum absolute atomic E-state index is 0.240. The molecule has 1 aromatic rings. The summed E-state index contributed by atoms with van der Waals surface area (Å²) in [6.07, 6.45) is 0.772. The highest BCUT2D eigenvalue weighted by atomic mass is 16.2. The van der Waals surface area contributed by atoms with Crippen LogP contribution in [0.3, 0.4) is 0 Å². The van der Waals surface area contributed by atoms with Crippen LogP contribution in [0.25, 0.3) is 0 Å². The largest absolute Gasteiger partial charge is 0.396 e. The first-order valence-corrected chi connectivity index (χ1v) is 4.44. The van der Waals surface area contributed by atoms with Crippen molar-refractivity contribution in [3.05, 3.63) is 35.4 Å². The molecule has 0 fully saturated rings. The Hall–Kier alpha value is -0.820. The first-order valence-electron chi connectivity index (χ1n) is 4.44. The van der Waals surface area contributed by atoms with Crippen LogP contribution in [-0.2, 0) is 6.42 Å². The molecule has 0 radical (unpaired) electrons. The first kappa shape index (κ1) is 9.27. The van der Waals surface area contributed by atoms with E-state index in [-0.39, 0.29) is 6.61 Å². The van der Waals surface area contributed by atoms with E-state index in [1.165, 1.54) is 11.1 Å². The number of benzene rings is 1. The molecule has 0 aromatic heterocycles. The van der Waals surface area contributed by atoms with Crippen molar-refractivity contribution in [1.82, 2.24) is 0 Å². The van der Waals surface area contributed by atoms with Gasteiger partial charge in [-0.15, -0.1) is 0 Å². The number of aliphatic hydroxyl groups excluding tert-OH is 1. The third-order valence-electron chi connectivity index (χ3n) is 2.06. The van der Waals surface area contributed by atoms with Crippen molar-refractivity contribution in [2.45, 2.75) is 26.2 Å². The summed E-state index contributed by atoms with van der Waals surface area (Å²) in [4.78, 5) is 0. The van der Waals surface area contributed by atoms with Gasteiger partial charge in [-0.25, -0.2) is 0 Å². The molecule has 0 aliphatic rings. The molecular formula is C11H16O. The molecule has 0 atom stereocenters. The predicted octanol–water partition coefficient (Wildman–Crippen LogP) is 2.34. The lowest BCUT2D eigenvalue weighted by Gasteiger charge is -2.10. The fourth-order valence-corrected chi connectivity index (χ4v) is 1.45. The zero-order chi connectivity index (χ0) is 8.97. The van der Waals surface area contributed by atoms with Crippen molar-refractivity contribution in [3.63, 3.8) is 0 Å². The Kier molecular flexibility index (Phi) is 3.30. The highest BCUT2D eigenvalue weighted by Gasteiger charge is 2.03. The normalized spacial score (nSPS) is 10.7. The molecule has 1 N–H and O–H groups in total. The van der Waals surface area contributed by atoms with Gasteiger partial charge in [-0.1, -0.05) is 38.1 Å². The van der Waals surface area contributed by atoms with Crippen LogP contribution in [0.2, 0.25) is 0 Å². The van der Waals surface area contributed by atoms with Crippen LogP contribution < -0.4 is 0 Å². The Labute approximate surface area is 74.1 Å². The molecule has 1 aromatic carbocycles. The Morgan fingerprint density at radius 1 is 1.25 bits per heavy atom. The van der Waals surface area contributed by atoms with Gasteiger partial charge in [0.05, 0.1) is 0 Å². The molecule has 0 amide bonds. The summed E-state index contributed by atoms with van der Waals surface area (Å²) in [5.41, 5.74) is 2.63. The van der Waals surface area contributed by atoms with Crippen LogP contribution in [0.1, 0.15) is 30.9 Å².